The highest BCUT2D eigenvalue weighted by molar-refractivity contribution is 5.75. The zero-order valence-corrected chi connectivity index (χ0v) is 12.3. The van der Waals surface area contributed by atoms with Crippen LogP contribution in [0.3, 0.4) is 0 Å². The summed E-state index contributed by atoms with van der Waals surface area (Å²) in [6.45, 7) is 5.38. The van der Waals surface area contributed by atoms with E-state index in [0.29, 0.717) is 6.04 Å². The van der Waals surface area contributed by atoms with Gasteiger partial charge in [-0.15, -0.1) is 0 Å². The minimum absolute atomic E-state index is 0.346. The third-order valence-corrected chi connectivity index (χ3v) is 4.34. The number of piperidine rings is 1. The summed E-state index contributed by atoms with van der Waals surface area (Å²) in [5, 5.41) is 9.57. The molecule has 2 rings (SSSR count). The van der Waals surface area contributed by atoms with Crippen LogP contribution in [-0.2, 0) is 4.79 Å². The molecule has 1 unspecified atom stereocenters. The summed E-state index contributed by atoms with van der Waals surface area (Å²) in [5.74, 6) is -0.767. The summed E-state index contributed by atoms with van der Waals surface area (Å²) in [4.78, 5) is 16.1. The molecule has 1 aromatic rings. The van der Waals surface area contributed by atoms with E-state index in [-0.39, 0.29) is 0 Å². The van der Waals surface area contributed by atoms with Crippen molar-refractivity contribution in [3.8, 4) is 0 Å². The molecule has 1 N–H and O–H groups in total. The number of likely N-dealkylation sites (N-methyl/N-ethyl adjacent to an activating group) is 1. The van der Waals surface area contributed by atoms with E-state index < -0.39 is 12.0 Å². The zero-order chi connectivity index (χ0) is 14.5. The molecule has 0 spiro atoms. The van der Waals surface area contributed by atoms with Crippen LogP contribution >= 0.6 is 0 Å². The van der Waals surface area contributed by atoms with Crippen molar-refractivity contribution < 1.29 is 9.90 Å². The first-order chi connectivity index (χ1) is 9.63. The van der Waals surface area contributed by atoms with E-state index in [1.54, 1.807) is 0 Å². The molecule has 0 aliphatic carbocycles. The molecule has 1 aliphatic heterocycles. The van der Waals surface area contributed by atoms with Crippen molar-refractivity contribution in [3.63, 3.8) is 0 Å². The molecular weight excluding hydrogens is 252 g/mol. The molecular formula is C16H24N2O2. The van der Waals surface area contributed by atoms with Crippen LogP contribution < -0.4 is 0 Å². The molecule has 1 aliphatic rings. The number of rotatable bonds is 5. The Kier molecular flexibility index (Phi) is 5.15. The second-order valence-corrected chi connectivity index (χ2v) is 5.48. The Balaban J connectivity index is 2.09. The molecule has 1 heterocycles. The molecule has 110 valence electrons. The normalized spacial score (nSPS) is 19.1. The Morgan fingerprint density at radius 2 is 1.95 bits per heavy atom. The van der Waals surface area contributed by atoms with Gasteiger partial charge in [-0.3, -0.25) is 9.69 Å². The molecule has 0 saturated carbocycles. The average molecular weight is 276 g/mol. The van der Waals surface area contributed by atoms with E-state index in [0.717, 1.165) is 38.0 Å². The van der Waals surface area contributed by atoms with Gasteiger partial charge in [0, 0.05) is 6.04 Å². The molecule has 1 atom stereocenters. The predicted octanol–water partition coefficient (Wildman–Crippen LogP) is 2.23. The Hall–Kier alpha value is -1.39. The summed E-state index contributed by atoms with van der Waals surface area (Å²) in [7, 11) is 1.94. The van der Waals surface area contributed by atoms with Crippen molar-refractivity contribution in [1.82, 2.24) is 9.80 Å². The van der Waals surface area contributed by atoms with Crippen molar-refractivity contribution in [2.75, 3.05) is 26.7 Å². The monoisotopic (exact) mass is 276 g/mol. The van der Waals surface area contributed by atoms with Gasteiger partial charge in [-0.1, -0.05) is 37.3 Å². The minimum Gasteiger partial charge on any atom is -0.480 e. The number of likely N-dealkylation sites (tertiary alicyclic amines) is 1. The number of hydrogen-bond donors (Lipinski definition) is 1. The van der Waals surface area contributed by atoms with Gasteiger partial charge in [-0.25, -0.2) is 0 Å². The third-order valence-electron chi connectivity index (χ3n) is 4.34. The first-order valence-electron chi connectivity index (χ1n) is 7.35. The van der Waals surface area contributed by atoms with Crippen LogP contribution in [0.2, 0.25) is 0 Å². The molecule has 4 heteroatoms. The van der Waals surface area contributed by atoms with Crippen LogP contribution in [-0.4, -0.2) is 53.6 Å². The SMILES string of the molecule is CCN1CCC(N(C)C(C(=O)O)c2ccccc2)CC1. The van der Waals surface area contributed by atoms with E-state index >= 15 is 0 Å². The van der Waals surface area contributed by atoms with Crippen molar-refractivity contribution in [1.29, 1.82) is 0 Å². The number of nitrogens with zero attached hydrogens (tertiary/aromatic N) is 2. The Labute approximate surface area is 121 Å². The topological polar surface area (TPSA) is 43.8 Å². The van der Waals surface area contributed by atoms with E-state index in [2.05, 4.69) is 11.8 Å². The fraction of sp³-hybridized carbons (Fsp3) is 0.562. The summed E-state index contributed by atoms with van der Waals surface area (Å²) in [6.07, 6.45) is 2.09. The second-order valence-electron chi connectivity index (χ2n) is 5.48. The maximum Gasteiger partial charge on any atom is 0.325 e. The maximum atomic E-state index is 11.7. The van der Waals surface area contributed by atoms with Crippen molar-refractivity contribution in [2.45, 2.75) is 31.8 Å². The van der Waals surface area contributed by atoms with Gasteiger partial charge in [-0.2, -0.15) is 0 Å². The lowest BCUT2D eigenvalue weighted by molar-refractivity contribution is -0.144. The minimum atomic E-state index is -0.767. The van der Waals surface area contributed by atoms with Gasteiger partial charge in [0.15, 0.2) is 0 Å². The van der Waals surface area contributed by atoms with Gasteiger partial charge < -0.3 is 10.0 Å². The van der Waals surface area contributed by atoms with Gasteiger partial charge in [0.1, 0.15) is 6.04 Å². The first-order valence-corrected chi connectivity index (χ1v) is 7.35. The summed E-state index contributed by atoms with van der Waals surface area (Å²) in [5.41, 5.74) is 0.862. The third kappa shape index (κ3) is 3.38. The Morgan fingerprint density at radius 3 is 2.45 bits per heavy atom. The quantitative estimate of drug-likeness (QED) is 0.895. The van der Waals surface area contributed by atoms with Gasteiger partial charge in [0.2, 0.25) is 0 Å². The van der Waals surface area contributed by atoms with Gasteiger partial charge in [-0.05, 0) is 45.1 Å². The fourth-order valence-electron chi connectivity index (χ4n) is 3.04. The van der Waals surface area contributed by atoms with Crippen LogP contribution in [0.4, 0.5) is 0 Å². The second kappa shape index (κ2) is 6.86. The highest BCUT2D eigenvalue weighted by atomic mass is 16.4. The number of aliphatic carboxylic acids is 1. The standard InChI is InChI=1S/C16H24N2O2/c1-3-18-11-9-14(10-12-18)17(2)15(16(19)20)13-7-5-4-6-8-13/h4-8,14-15H,3,9-12H2,1-2H3,(H,19,20). The van der Waals surface area contributed by atoms with E-state index in [9.17, 15) is 9.90 Å². The van der Waals surface area contributed by atoms with Crippen LogP contribution in [0.15, 0.2) is 30.3 Å². The van der Waals surface area contributed by atoms with E-state index in [1.807, 2.05) is 42.3 Å². The van der Waals surface area contributed by atoms with Gasteiger partial charge in [0.25, 0.3) is 0 Å². The lowest BCUT2D eigenvalue weighted by Crippen LogP contribution is -2.46. The molecule has 0 amide bonds. The smallest absolute Gasteiger partial charge is 0.325 e. The van der Waals surface area contributed by atoms with E-state index in [1.165, 1.54) is 0 Å². The van der Waals surface area contributed by atoms with Crippen LogP contribution in [0.25, 0.3) is 0 Å². The van der Waals surface area contributed by atoms with Crippen molar-refractivity contribution in [3.05, 3.63) is 35.9 Å². The summed E-state index contributed by atoms with van der Waals surface area (Å²) < 4.78 is 0. The van der Waals surface area contributed by atoms with E-state index in [4.69, 9.17) is 0 Å². The Bertz CT molecular complexity index is 427. The lowest BCUT2D eigenvalue weighted by Gasteiger charge is -2.38. The lowest BCUT2D eigenvalue weighted by atomic mass is 9.98. The number of carboxylic acid groups (broad SMARTS) is 1. The van der Waals surface area contributed by atoms with Crippen LogP contribution in [0, 0.1) is 0 Å². The summed E-state index contributed by atoms with van der Waals surface area (Å²) in [6, 6.07) is 9.32. The molecule has 0 radical (unpaired) electrons. The highest BCUT2D eigenvalue weighted by Crippen LogP contribution is 2.26. The van der Waals surface area contributed by atoms with Gasteiger partial charge >= 0.3 is 5.97 Å². The molecule has 20 heavy (non-hydrogen) atoms. The molecule has 0 aromatic heterocycles. The van der Waals surface area contributed by atoms with Crippen molar-refractivity contribution in [2.24, 2.45) is 0 Å². The highest BCUT2D eigenvalue weighted by Gasteiger charge is 2.31. The molecule has 4 nitrogen and oxygen atoms in total. The number of carboxylic acids is 1. The molecule has 0 bridgehead atoms. The zero-order valence-electron chi connectivity index (χ0n) is 12.3. The number of carbonyl (C=O) groups is 1. The van der Waals surface area contributed by atoms with Crippen molar-refractivity contribution >= 4 is 5.97 Å². The number of benzene rings is 1. The average Bonchev–Trinajstić information content (AvgIpc) is 2.48. The molecule has 1 saturated heterocycles. The predicted molar refractivity (Wildman–Crippen MR) is 79.7 cm³/mol. The molecule has 1 aromatic carbocycles. The van der Waals surface area contributed by atoms with Crippen LogP contribution in [0.1, 0.15) is 31.4 Å². The van der Waals surface area contributed by atoms with Gasteiger partial charge in [0.05, 0.1) is 0 Å². The first kappa shape index (κ1) is 15.0. The largest absolute Gasteiger partial charge is 0.480 e. The maximum absolute atomic E-state index is 11.7. The van der Waals surface area contributed by atoms with Crippen LogP contribution in [0.5, 0.6) is 0 Å². The fourth-order valence-corrected chi connectivity index (χ4v) is 3.04. The Morgan fingerprint density at radius 1 is 1.35 bits per heavy atom. The molecule has 1 fully saturated rings. The summed E-state index contributed by atoms with van der Waals surface area (Å²) >= 11 is 0. The number of hydrogen-bond acceptors (Lipinski definition) is 3.